The van der Waals surface area contributed by atoms with Gasteiger partial charge in [0, 0.05) is 15.7 Å². The number of halogens is 2. The van der Waals surface area contributed by atoms with Crippen molar-refractivity contribution in [1.82, 2.24) is 0 Å². The normalized spacial score (nSPS) is 12.5. The Morgan fingerprint density at radius 2 is 1.74 bits per heavy atom. The van der Waals surface area contributed by atoms with Gasteiger partial charge in [0.1, 0.15) is 6.04 Å². The SMILES string of the molecule is CC[C@H](C(=O)Nc1cccc(C)c1C)N(c1cc(Cl)cc(Cl)c1)S(C)(=O)=O. The fraction of sp³-hybridized carbons (Fsp3) is 0.316. The van der Waals surface area contributed by atoms with Crippen molar-refractivity contribution in [3.05, 3.63) is 57.6 Å². The number of amides is 1. The second-order valence-electron chi connectivity index (χ2n) is 6.35. The van der Waals surface area contributed by atoms with E-state index in [1.165, 1.54) is 18.2 Å². The number of carbonyl (C=O) groups is 1. The largest absolute Gasteiger partial charge is 0.324 e. The highest BCUT2D eigenvalue weighted by Crippen LogP contribution is 2.30. The van der Waals surface area contributed by atoms with Crippen molar-refractivity contribution >= 4 is 50.5 Å². The fourth-order valence-corrected chi connectivity index (χ4v) is 4.54. The number of hydrogen-bond acceptors (Lipinski definition) is 3. The molecule has 0 aromatic heterocycles. The standard InChI is InChI=1S/C19H22Cl2N2O3S/c1-5-18(19(24)22-17-8-6-7-12(2)13(17)3)23(27(4,25)26)16-10-14(20)9-15(21)11-16/h6-11,18H,5H2,1-4H3,(H,22,24)/t18-/m1/s1. The Morgan fingerprint density at radius 1 is 1.15 bits per heavy atom. The van der Waals surface area contributed by atoms with Crippen LogP contribution in [0.5, 0.6) is 0 Å². The molecule has 0 unspecified atom stereocenters. The summed E-state index contributed by atoms with van der Waals surface area (Å²) in [7, 11) is -3.76. The molecule has 0 aliphatic heterocycles. The predicted molar refractivity (Wildman–Crippen MR) is 112 cm³/mol. The Kier molecular flexibility index (Phi) is 6.78. The van der Waals surface area contributed by atoms with Crippen LogP contribution in [0.15, 0.2) is 36.4 Å². The zero-order chi connectivity index (χ0) is 20.4. The molecule has 0 radical (unpaired) electrons. The molecule has 0 bridgehead atoms. The van der Waals surface area contributed by atoms with Crippen LogP contribution in [0.3, 0.4) is 0 Å². The van der Waals surface area contributed by atoms with Gasteiger partial charge in [-0.15, -0.1) is 0 Å². The van der Waals surface area contributed by atoms with Gasteiger partial charge in [0.05, 0.1) is 11.9 Å². The molecule has 0 aliphatic rings. The Bertz CT molecular complexity index is 941. The number of carbonyl (C=O) groups excluding carboxylic acids is 1. The predicted octanol–water partition coefficient (Wildman–Crippen LogP) is 4.79. The minimum atomic E-state index is -3.76. The molecular weight excluding hydrogens is 407 g/mol. The first-order valence-corrected chi connectivity index (χ1v) is 11.0. The van der Waals surface area contributed by atoms with Gasteiger partial charge in [0.25, 0.3) is 0 Å². The minimum Gasteiger partial charge on any atom is -0.324 e. The Labute approximate surface area is 170 Å². The van der Waals surface area contributed by atoms with Crippen LogP contribution in [0.2, 0.25) is 10.0 Å². The summed E-state index contributed by atoms with van der Waals surface area (Å²) in [5.74, 6) is -0.423. The monoisotopic (exact) mass is 428 g/mol. The number of sulfonamides is 1. The van der Waals surface area contributed by atoms with E-state index in [1.54, 1.807) is 13.0 Å². The van der Waals surface area contributed by atoms with Crippen LogP contribution in [0, 0.1) is 13.8 Å². The van der Waals surface area contributed by atoms with Gasteiger partial charge in [-0.1, -0.05) is 42.3 Å². The Balaban J connectivity index is 2.46. The van der Waals surface area contributed by atoms with E-state index < -0.39 is 22.0 Å². The molecule has 0 saturated heterocycles. The zero-order valence-electron chi connectivity index (χ0n) is 15.6. The summed E-state index contributed by atoms with van der Waals surface area (Å²) >= 11 is 12.1. The number of rotatable bonds is 6. The lowest BCUT2D eigenvalue weighted by Crippen LogP contribution is -2.47. The molecule has 0 spiro atoms. The van der Waals surface area contributed by atoms with E-state index in [0.29, 0.717) is 5.69 Å². The first-order valence-electron chi connectivity index (χ1n) is 8.37. The van der Waals surface area contributed by atoms with Gasteiger partial charge in [-0.2, -0.15) is 0 Å². The highest BCUT2D eigenvalue weighted by molar-refractivity contribution is 7.92. The van der Waals surface area contributed by atoms with Crippen LogP contribution in [0.4, 0.5) is 11.4 Å². The lowest BCUT2D eigenvalue weighted by molar-refractivity contribution is -0.117. The van der Waals surface area contributed by atoms with E-state index in [0.717, 1.165) is 21.7 Å². The maximum atomic E-state index is 13.0. The van der Waals surface area contributed by atoms with Gasteiger partial charge in [-0.3, -0.25) is 9.10 Å². The van der Waals surface area contributed by atoms with E-state index in [9.17, 15) is 13.2 Å². The molecule has 2 aromatic rings. The molecule has 0 fully saturated rings. The van der Waals surface area contributed by atoms with Crippen LogP contribution < -0.4 is 9.62 Å². The molecule has 0 saturated carbocycles. The van der Waals surface area contributed by atoms with Crippen molar-refractivity contribution < 1.29 is 13.2 Å². The van der Waals surface area contributed by atoms with E-state index in [1.807, 2.05) is 26.0 Å². The molecule has 0 aliphatic carbocycles. The molecule has 146 valence electrons. The molecule has 1 N–H and O–H groups in total. The van der Waals surface area contributed by atoms with Crippen LogP contribution in [0.1, 0.15) is 24.5 Å². The number of anilines is 2. The minimum absolute atomic E-state index is 0.248. The Hall–Kier alpha value is -1.76. The molecule has 5 nitrogen and oxygen atoms in total. The second kappa shape index (κ2) is 8.50. The number of benzene rings is 2. The average Bonchev–Trinajstić information content (AvgIpc) is 2.54. The molecule has 2 aromatic carbocycles. The van der Waals surface area contributed by atoms with E-state index in [2.05, 4.69) is 5.32 Å². The van der Waals surface area contributed by atoms with Gasteiger partial charge in [0.15, 0.2) is 0 Å². The maximum absolute atomic E-state index is 13.0. The van der Waals surface area contributed by atoms with Gasteiger partial charge in [-0.25, -0.2) is 8.42 Å². The lowest BCUT2D eigenvalue weighted by Gasteiger charge is -2.30. The van der Waals surface area contributed by atoms with Gasteiger partial charge in [0.2, 0.25) is 15.9 Å². The summed E-state index contributed by atoms with van der Waals surface area (Å²) in [5.41, 5.74) is 2.86. The van der Waals surface area contributed by atoms with Crippen LogP contribution in [-0.2, 0) is 14.8 Å². The molecular formula is C19H22Cl2N2O3S. The molecule has 1 atom stereocenters. The quantitative estimate of drug-likeness (QED) is 0.718. The molecule has 0 heterocycles. The number of nitrogens with one attached hydrogen (secondary N) is 1. The highest BCUT2D eigenvalue weighted by Gasteiger charge is 2.32. The van der Waals surface area contributed by atoms with Crippen molar-refractivity contribution in [1.29, 1.82) is 0 Å². The number of hydrogen-bond donors (Lipinski definition) is 1. The zero-order valence-corrected chi connectivity index (χ0v) is 17.9. The summed E-state index contributed by atoms with van der Waals surface area (Å²) in [6, 6.07) is 9.07. The number of nitrogens with zero attached hydrogens (tertiary/aromatic N) is 1. The van der Waals surface area contributed by atoms with Crippen molar-refractivity contribution in [2.24, 2.45) is 0 Å². The average molecular weight is 429 g/mol. The van der Waals surface area contributed by atoms with E-state index in [4.69, 9.17) is 23.2 Å². The topological polar surface area (TPSA) is 66.5 Å². The van der Waals surface area contributed by atoms with Crippen LogP contribution in [-0.4, -0.2) is 26.6 Å². The third kappa shape index (κ3) is 5.15. The molecule has 8 heteroatoms. The summed E-state index contributed by atoms with van der Waals surface area (Å²) in [4.78, 5) is 13.0. The maximum Gasteiger partial charge on any atom is 0.248 e. The highest BCUT2D eigenvalue weighted by atomic mass is 35.5. The first kappa shape index (κ1) is 21.5. The van der Waals surface area contributed by atoms with Crippen molar-refractivity contribution in [3.63, 3.8) is 0 Å². The third-order valence-electron chi connectivity index (χ3n) is 4.29. The lowest BCUT2D eigenvalue weighted by atomic mass is 10.1. The van der Waals surface area contributed by atoms with Crippen LogP contribution in [0.25, 0.3) is 0 Å². The third-order valence-corrected chi connectivity index (χ3v) is 5.91. The first-order chi connectivity index (χ1) is 12.5. The smallest absolute Gasteiger partial charge is 0.248 e. The van der Waals surface area contributed by atoms with Crippen LogP contribution >= 0.6 is 23.2 Å². The fourth-order valence-electron chi connectivity index (χ4n) is 2.83. The summed E-state index contributed by atoms with van der Waals surface area (Å²) in [5, 5.41) is 3.42. The molecule has 1 amide bonds. The van der Waals surface area contributed by atoms with Crippen molar-refractivity contribution in [2.45, 2.75) is 33.2 Å². The van der Waals surface area contributed by atoms with Crippen molar-refractivity contribution in [3.8, 4) is 0 Å². The number of aryl methyl sites for hydroxylation is 1. The molecule has 2 rings (SSSR count). The Morgan fingerprint density at radius 3 is 2.26 bits per heavy atom. The summed E-state index contributed by atoms with van der Waals surface area (Å²) in [6.45, 7) is 5.59. The second-order valence-corrected chi connectivity index (χ2v) is 9.08. The van der Waals surface area contributed by atoms with E-state index in [-0.39, 0.29) is 22.2 Å². The van der Waals surface area contributed by atoms with Gasteiger partial charge in [-0.05, 0) is 55.7 Å². The summed E-state index contributed by atoms with van der Waals surface area (Å²) < 4.78 is 26.0. The van der Waals surface area contributed by atoms with Gasteiger partial charge < -0.3 is 5.32 Å². The van der Waals surface area contributed by atoms with Crippen molar-refractivity contribution in [2.75, 3.05) is 15.9 Å². The molecule has 27 heavy (non-hydrogen) atoms. The van der Waals surface area contributed by atoms with E-state index >= 15 is 0 Å². The van der Waals surface area contributed by atoms with Gasteiger partial charge >= 0.3 is 0 Å². The summed E-state index contributed by atoms with van der Waals surface area (Å²) in [6.07, 6.45) is 1.32.